The molecule has 4 nitrogen and oxygen atoms in total. The van der Waals surface area contributed by atoms with Crippen LogP contribution in [0.2, 0.25) is 0 Å². The standard InChI is InChI=1S/C18H25N3OS/c1-18(2,3)23-14-17(22)19-10-9-16-11-20-21(13-16)12-15-7-5-4-6-8-15/h4-8,11,13H,9-10,12,14H2,1-3H3,(H,19,22). The summed E-state index contributed by atoms with van der Waals surface area (Å²) in [6, 6.07) is 10.3. The van der Waals surface area contributed by atoms with Gasteiger partial charge in [-0.15, -0.1) is 11.8 Å². The summed E-state index contributed by atoms with van der Waals surface area (Å²) in [5.74, 6) is 0.609. The Morgan fingerprint density at radius 1 is 1.22 bits per heavy atom. The number of hydrogen-bond donors (Lipinski definition) is 1. The van der Waals surface area contributed by atoms with Crippen LogP contribution in [0.4, 0.5) is 0 Å². The minimum atomic E-state index is 0.0987. The van der Waals surface area contributed by atoms with Gasteiger partial charge in [-0.3, -0.25) is 9.48 Å². The average Bonchev–Trinajstić information content (AvgIpc) is 2.93. The molecular formula is C18H25N3OS. The molecule has 0 bridgehead atoms. The van der Waals surface area contributed by atoms with E-state index in [2.05, 4.69) is 43.3 Å². The van der Waals surface area contributed by atoms with Crippen molar-refractivity contribution >= 4 is 17.7 Å². The van der Waals surface area contributed by atoms with Gasteiger partial charge < -0.3 is 5.32 Å². The summed E-state index contributed by atoms with van der Waals surface area (Å²) < 4.78 is 2.05. The van der Waals surface area contributed by atoms with E-state index in [0.717, 1.165) is 18.5 Å². The third-order valence-electron chi connectivity index (χ3n) is 3.25. The molecule has 1 N–H and O–H groups in total. The van der Waals surface area contributed by atoms with Crippen LogP contribution < -0.4 is 5.32 Å². The van der Waals surface area contributed by atoms with Crippen molar-refractivity contribution in [3.05, 3.63) is 53.9 Å². The number of rotatable bonds is 7. The summed E-state index contributed by atoms with van der Waals surface area (Å²) in [7, 11) is 0. The van der Waals surface area contributed by atoms with Gasteiger partial charge in [0.2, 0.25) is 5.91 Å². The zero-order chi connectivity index (χ0) is 16.7. The van der Waals surface area contributed by atoms with E-state index >= 15 is 0 Å². The third kappa shape index (κ3) is 6.91. The summed E-state index contributed by atoms with van der Waals surface area (Å²) in [6.45, 7) is 7.78. The molecule has 0 unspecified atom stereocenters. The van der Waals surface area contributed by atoms with Gasteiger partial charge in [0.05, 0.1) is 18.5 Å². The second kappa shape index (κ2) is 8.20. The Balaban J connectivity index is 1.72. The first-order valence-corrected chi connectivity index (χ1v) is 8.87. The van der Waals surface area contributed by atoms with Crippen LogP contribution in [-0.2, 0) is 17.8 Å². The molecular weight excluding hydrogens is 306 g/mol. The van der Waals surface area contributed by atoms with Crippen molar-refractivity contribution in [2.24, 2.45) is 0 Å². The molecule has 2 rings (SSSR count). The number of aromatic nitrogens is 2. The molecule has 0 aliphatic rings. The molecule has 0 aliphatic heterocycles. The van der Waals surface area contributed by atoms with E-state index in [1.165, 1.54) is 5.56 Å². The van der Waals surface area contributed by atoms with Gasteiger partial charge in [-0.05, 0) is 17.5 Å². The van der Waals surface area contributed by atoms with E-state index < -0.39 is 0 Å². The fourth-order valence-corrected chi connectivity index (χ4v) is 2.74. The van der Waals surface area contributed by atoms with Gasteiger partial charge in [0.25, 0.3) is 0 Å². The first kappa shape index (κ1) is 17.6. The highest BCUT2D eigenvalue weighted by Crippen LogP contribution is 2.22. The SMILES string of the molecule is CC(C)(C)SCC(=O)NCCc1cnn(Cc2ccccc2)c1. The van der Waals surface area contributed by atoms with E-state index in [9.17, 15) is 4.79 Å². The summed E-state index contributed by atoms with van der Waals surface area (Å²) in [4.78, 5) is 11.8. The second-order valence-electron chi connectivity index (χ2n) is 6.53. The number of hydrogen-bond acceptors (Lipinski definition) is 3. The molecule has 124 valence electrons. The first-order chi connectivity index (χ1) is 10.9. The van der Waals surface area contributed by atoms with E-state index in [1.54, 1.807) is 11.8 Å². The average molecular weight is 331 g/mol. The Hall–Kier alpha value is -1.75. The van der Waals surface area contributed by atoms with Crippen LogP contribution in [0.15, 0.2) is 42.7 Å². The molecule has 0 spiro atoms. The maximum atomic E-state index is 11.8. The van der Waals surface area contributed by atoms with Gasteiger partial charge in [0.15, 0.2) is 0 Å². The molecule has 5 heteroatoms. The normalized spacial score (nSPS) is 11.4. The lowest BCUT2D eigenvalue weighted by Gasteiger charge is -2.16. The van der Waals surface area contributed by atoms with Gasteiger partial charge in [-0.25, -0.2) is 0 Å². The Kier molecular flexibility index (Phi) is 6.28. The quantitative estimate of drug-likeness (QED) is 0.848. The smallest absolute Gasteiger partial charge is 0.230 e. The molecule has 0 fully saturated rings. The van der Waals surface area contributed by atoms with Gasteiger partial charge in [-0.1, -0.05) is 51.1 Å². The third-order valence-corrected chi connectivity index (χ3v) is 4.52. The van der Waals surface area contributed by atoms with Crippen molar-refractivity contribution in [2.75, 3.05) is 12.3 Å². The van der Waals surface area contributed by atoms with Crippen molar-refractivity contribution in [1.29, 1.82) is 0 Å². The van der Waals surface area contributed by atoms with E-state index in [4.69, 9.17) is 0 Å². The van der Waals surface area contributed by atoms with Crippen molar-refractivity contribution in [3.8, 4) is 0 Å². The molecule has 0 saturated heterocycles. The van der Waals surface area contributed by atoms with E-state index in [-0.39, 0.29) is 10.7 Å². The van der Waals surface area contributed by atoms with Crippen LogP contribution in [-0.4, -0.2) is 32.7 Å². The fourth-order valence-electron chi connectivity index (χ4n) is 2.07. The fraction of sp³-hybridized carbons (Fsp3) is 0.444. The zero-order valence-electron chi connectivity index (χ0n) is 14.1. The first-order valence-electron chi connectivity index (χ1n) is 7.88. The maximum absolute atomic E-state index is 11.8. The van der Waals surface area contributed by atoms with Crippen LogP contribution in [0.25, 0.3) is 0 Å². The molecule has 0 atom stereocenters. The van der Waals surface area contributed by atoms with Crippen LogP contribution in [0.1, 0.15) is 31.9 Å². The minimum absolute atomic E-state index is 0.0987. The lowest BCUT2D eigenvalue weighted by molar-refractivity contribution is -0.118. The Labute approximate surface area is 142 Å². The lowest BCUT2D eigenvalue weighted by atomic mass is 10.2. The molecule has 0 radical (unpaired) electrons. The van der Waals surface area contributed by atoms with Gasteiger partial charge in [-0.2, -0.15) is 5.10 Å². The van der Waals surface area contributed by atoms with Gasteiger partial charge in [0, 0.05) is 17.5 Å². The van der Waals surface area contributed by atoms with E-state index in [1.807, 2.05) is 35.3 Å². The maximum Gasteiger partial charge on any atom is 0.230 e. The number of nitrogens with one attached hydrogen (secondary N) is 1. The molecule has 1 aromatic carbocycles. The highest BCUT2D eigenvalue weighted by Gasteiger charge is 2.13. The number of thioether (sulfide) groups is 1. The summed E-state index contributed by atoms with van der Waals surface area (Å²) in [5, 5.41) is 7.34. The Bertz CT molecular complexity index is 617. The number of carbonyl (C=O) groups is 1. The van der Waals surface area contributed by atoms with Crippen LogP contribution in [0, 0.1) is 0 Å². The van der Waals surface area contributed by atoms with Gasteiger partial charge >= 0.3 is 0 Å². The number of amides is 1. The molecule has 2 aromatic rings. The Morgan fingerprint density at radius 2 is 1.96 bits per heavy atom. The molecule has 0 aliphatic carbocycles. The van der Waals surface area contributed by atoms with Crippen molar-refractivity contribution < 1.29 is 4.79 Å². The van der Waals surface area contributed by atoms with Gasteiger partial charge in [0.1, 0.15) is 0 Å². The monoisotopic (exact) mass is 331 g/mol. The molecule has 1 aromatic heterocycles. The highest BCUT2D eigenvalue weighted by atomic mass is 32.2. The molecule has 0 saturated carbocycles. The largest absolute Gasteiger partial charge is 0.355 e. The lowest BCUT2D eigenvalue weighted by Crippen LogP contribution is -2.28. The predicted octanol–water partition coefficient (Wildman–Crippen LogP) is 3.12. The molecule has 23 heavy (non-hydrogen) atoms. The van der Waals surface area contributed by atoms with E-state index in [0.29, 0.717) is 12.3 Å². The number of nitrogens with zero attached hydrogens (tertiary/aromatic N) is 2. The zero-order valence-corrected chi connectivity index (χ0v) is 14.9. The summed E-state index contributed by atoms with van der Waals surface area (Å²) in [6.07, 6.45) is 4.72. The van der Waals surface area contributed by atoms with Crippen LogP contribution in [0.3, 0.4) is 0 Å². The van der Waals surface area contributed by atoms with Crippen LogP contribution in [0.5, 0.6) is 0 Å². The minimum Gasteiger partial charge on any atom is -0.355 e. The highest BCUT2D eigenvalue weighted by molar-refractivity contribution is 8.01. The van der Waals surface area contributed by atoms with Crippen LogP contribution >= 0.6 is 11.8 Å². The molecule has 1 amide bonds. The second-order valence-corrected chi connectivity index (χ2v) is 8.33. The number of benzene rings is 1. The topological polar surface area (TPSA) is 46.9 Å². The van der Waals surface area contributed by atoms with Crippen molar-refractivity contribution in [2.45, 2.75) is 38.5 Å². The van der Waals surface area contributed by atoms with Crippen molar-refractivity contribution in [3.63, 3.8) is 0 Å². The Morgan fingerprint density at radius 3 is 2.65 bits per heavy atom. The summed E-state index contributed by atoms with van der Waals surface area (Å²) in [5.41, 5.74) is 2.37. The summed E-state index contributed by atoms with van der Waals surface area (Å²) >= 11 is 1.66. The number of carbonyl (C=O) groups excluding carboxylic acids is 1. The predicted molar refractivity (Wildman–Crippen MR) is 96.7 cm³/mol. The van der Waals surface area contributed by atoms with Crippen molar-refractivity contribution in [1.82, 2.24) is 15.1 Å². The molecule has 1 heterocycles.